The van der Waals surface area contributed by atoms with Crippen molar-refractivity contribution in [2.75, 3.05) is 0 Å². The Morgan fingerprint density at radius 3 is 1.80 bits per heavy atom. The van der Waals surface area contributed by atoms with Gasteiger partial charge in [0.2, 0.25) is 5.91 Å². The molecule has 2 amide bonds. The molecule has 0 aliphatic heterocycles. The first-order valence-electron chi connectivity index (χ1n) is 12.9. The molecule has 0 aromatic heterocycles. The molecule has 2 atom stereocenters. The van der Waals surface area contributed by atoms with E-state index in [9.17, 15) is 29.3 Å². The lowest BCUT2D eigenvalue weighted by atomic mass is 10.0. The maximum Gasteiger partial charge on any atom is 0.329 e. The van der Waals surface area contributed by atoms with Gasteiger partial charge in [-0.1, -0.05) is 12.1 Å². The Morgan fingerprint density at radius 2 is 1.32 bits per heavy atom. The van der Waals surface area contributed by atoms with Gasteiger partial charge in [0, 0.05) is 24.1 Å². The monoisotopic (exact) mass is 555 g/mol. The molecule has 11 heteroatoms. The fourth-order valence-corrected chi connectivity index (χ4v) is 3.51. The first kappa shape index (κ1) is 31.9. The van der Waals surface area contributed by atoms with Gasteiger partial charge in [0.1, 0.15) is 23.3 Å². The van der Waals surface area contributed by atoms with Crippen LogP contribution in [0, 0.1) is 10.1 Å². The third-order valence-electron chi connectivity index (χ3n) is 5.36. The van der Waals surface area contributed by atoms with Gasteiger partial charge in [-0.05, 0) is 90.3 Å². The van der Waals surface area contributed by atoms with Crippen LogP contribution in [-0.2, 0) is 23.9 Å². The fourth-order valence-electron chi connectivity index (χ4n) is 3.51. The summed E-state index contributed by atoms with van der Waals surface area (Å²) in [6, 6.07) is 10.4. The van der Waals surface area contributed by atoms with E-state index in [1.807, 2.05) is 0 Å². The van der Waals surface area contributed by atoms with Crippen LogP contribution in [0.4, 0.5) is 5.69 Å². The molecule has 2 N–H and O–H groups in total. The zero-order valence-corrected chi connectivity index (χ0v) is 23.9. The fraction of sp³-hybridized carbons (Fsp3) is 0.448. The van der Waals surface area contributed by atoms with E-state index in [4.69, 9.17) is 9.47 Å². The van der Waals surface area contributed by atoms with Crippen LogP contribution in [-0.4, -0.2) is 52.0 Å². The third-order valence-corrected chi connectivity index (χ3v) is 5.36. The van der Waals surface area contributed by atoms with Crippen LogP contribution in [0.2, 0.25) is 0 Å². The molecular weight excluding hydrogens is 518 g/mol. The summed E-state index contributed by atoms with van der Waals surface area (Å²) in [7, 11) is 0. The molecule has 2 rings (SSSR count). The summed E-state index contributed by atoms with van der Waals surface area (Å²) < 4.78 is 10.7. The van der Waals surface area contributed by atoms with Gasteiger partial charge in [0.25, 0.3) is 11.6 Å². The predicted octanol–water partition coefficient (Wildman–Crippen LogP) is 4.33. The highest BCUT2D eigenvalue weighted by Gasteiger charge is 2.30. The number of amides is 2. The van der Waals surface area contributed by atoms with Crippen LogP contribution < -0.4 is 10.6 Å². The normalized spacial score (nSPS) is 13.0. The van der Waals surface area contributed by atoms with Crippen molar-refractivity contribution in [2.45, 2.75) is 84.6 Å². The Kier molecular flexibility index (Phi) is 10.5. The van der Waals surface area contributed by atoms with Crippen LogP contribution in [0.1, 0.15) is 71.7 Å². The van der Waals surface area contributed by atoms with Crippen LogP contribution in [0.3, 0.4) is 0 Å². The molecule has 2 aromatic rings. The second-order valence-electron chi connectivity index (χ2n) is 11.3. The van der Waals surface area contributed by atoms with E-state index in [0.29, 0.717) is 5.56 Å². The zero-order valence-electron chi connectivity index (χ0n) is 23.9. The number of ether oxygens (including phenoxy) is 2. The topological polar surface area (TPSA) is 154 Å². The predicted molar refractivity (Wildman–Crippen MR) is 148 cm³/mol. The van der Waals surface area contributed by atoms with Crippen molar-refractivity contribution in [3.05, 3.63) is 64.2 Å². The minimum atomic E-state index is -1.13. The van der Waals surface area contributed by atoms with E-state index < -0.39 is 52.0 Å². The van der Waals surface area contributed by atoms with Gasteiger partial charge in [0.05, 0.1) is 4.92 Å². The molecule has 40 heavy (non-hydrogen) atoms. The molecule has 0 radical (unpaired) electrons. The van der Waals surface area contributed by atoms with Crippen LogP contribution in [0.15, 0.2) is 48.5 Å². The van der Waals surface area contributed by atoms with Crippen molar-refractivity contribution < 1.29 is 33.6 Å². The minimum absolute atomic E-state index is 0.0224. The number of nitro benzene ring substituents is 1. The summed E-state index contributed by atoms with van der Waals surface area (Å²) >= 11 is 0. The lowest BCUT2D eigenvalue weighted by Gasteiger charge is -2.26. The van der Waals surface area contributed by atoms with Gasteiger partial charge in [-0.25, -0.2) is 4.79 Å². The lowest BCUT2D eigenvalue weighted by Crippen LogP contribution is -2.51. The Bertz CT molecular complexity index is 1230. The number of carbonyl (C=O) groups excluding carboxylic acids is 4. The van der Waals surface area contributed by atoms with Crippen molar-refractivity contribution in [3.8, 4) is 11.1 Å². The largest absolute Gasteiger partial charge is 0.460 e. The summed E-state index contributed by atoms with van der Waals surface area (Å²) in [5, 5.41) is 16.0. The molecule has 0 aliphatic carbocycles. The molecular formula is C29H37N3O8. The number of nitro groups is 1. The van der Waals surface area contributed by atoms with Gasteiger partial charge in [0.15, 0.2) is 0 Å². The van der Waals surface area contributed by atoms with Crippen molar-refractivity contribution in [1.29, 1.82) is 0 Å². The first-order chi connectivity index (χ1) is 18.4. The van der Waals surface area contributed by atoms with Gasteiger partial charge in [-0.3, -0.25) is 24.5 Å². The van der Waals surface area contributed by atoms with Crippen molar-refractivity contribution in [1.82, 2.24) is 10.6 Å². The van der Waals surface area contributed by atoms with Gasteiger partial charge in [-0.2, -0.15) is 0 Å². The van der Waals surface area contributed by atoms with E-state index >= 15 is 0 Å². The molecule has 0 fully saturated rings. The van der Waals surface area contributed by atoms with Crippen LogP contribution in [0.25, 0.3) is 11.1 Å². The summed E-state index contributed by atoms with van der Waals surface area (Å²) in [4.78, 5) is 60.9. The molecule has 216 valence electrons. The highest BCUT2D eigenvalue weighted by Crippen LogP contribution is 2.23. The van der Waals surface area contributed by atoms with E-state index in [2.05, 4.69) is 10.6 Å². The maximum atomic E-state index is 12.9. The Morgan fingerprint density at radius 1 is 0.825 bits per heavy atom. The molecule has 0 heterocycles. The summed E-state index contributed by atoms with van der Waals surface area (Å²) in [5.74, 6) is -2.37. The van der Waals surface area contributed by atoms with E-state index in [0.717, 1.165) is 11.1 Å². The Labute approximate surface area is 233 Å². The summed E-state index contributed by atoms with van der Waals surface area (Å²) in [6.45, 7) is 11.7. The van der Waals surface area contributed by atoms with Crippen LogP contribution in [0.5, 0.6) is 0 Å². The Hall–Kier alpha value is -4.28. The number of carbonyl (C=O) groups is 4. The van der Waals surface area contributed by atoms with E-state index in [1.165, 1.54) is 19.1 Å². The Balaban J connectivity index is 2.04. The molecule has 0 saturated carbocycles. The maximum absolute atomic E-state index is 12.9. The van der Waals surface area contributed by atoms with Gasteiger partial charge >= 0.3 is 11.9 Å². The molecule has 2 aromatic carbocycles. The molecule has 0 saturated heterocycles. The number of esters is 2. The van der Waals surface area contributed by atoms with Gasteiger partial charge < -0.3 is 20.1 Å². The minimum Gasteiger partial charge on any atom is -0.460 e. The average Bonchev–Trinajstić information content (AvgIpc) is 2.84. The summed E-state index contributed by atoms with van der Waals surface area (Å²) in [5.41, 5.74) is 0.254. The number of hydrogen-bond acceptors (Lipinski definition) is 8. The molecule has 11 nitrogen and oxygen atoms in total. The smallest absolute Gasteiger partial charge is 0.329 e. The lowest BCUT2D eigenvalue weighted by molar-refractivity contribution is -0.384. The second kappa shape index (κ2) is 13.2. The summed E-state index contributed by atoms with van der Waals surface area (Å²) in [6.07, 6.45) is -0.163. The quantitative estimate of drug-likeness (QED) is 0.249. The molecule has 0 unspecified atom stereocenters. The van der Waals surface area contributed by atoms with E-state index in [1.54, 1.807) is 77.9 Å². The third kappa shape index (κ3) is 10.5. The first-order valence-corrected chi connectivity index (χ1v) is 12.9. The SMILES string of the molecule is C[C@H](NC(=O)c1ccc(-c2ccc([N+](=O)[O-])cc2)cc1)C(=O)N[C@@H](CCC(=O)OC(C)(C)C)C(=O)OC(C)(C)C. The number of non-ortho nitro benzene ring substituents is 1. The van der Waals surface area contributed by atoms with Crippen LogP contribution >= 0.6 is 0 Å². The van der Waals surface area contributed by atoms with Crippen molar-refractivity contribution in [3.63, 3.8) is 0 Å². The second-order valence-corrected chi connectivity index (χ2v) is 11.3. The van der Waals surface area contributed by atoms with E-state index in [-0.39, 0.29) is 18.5 Å². The highest BCUT2D eigenvalue weighted by molar-refractivity contribution is 5.98. The molecule has 0 aliphatic rings. The number of hydrogen-bond donors (Lipinski definition) is 2. The highest BCUT2D eigenvalue weighted by atomic mass is 16.6. The number of benzene rings is 2. The average molecular weight is 556 g/mol. The number of nitrogens with zero attached hydrogens (tertiary/aromatic N) is 1. The molecule has 0 spiro atoms. The zero-order chi connectivity index (χ0) is 30.3. The van der Waals surface area contributed by atoms with Crippen molar-refractivity contribution in [2.24, 2.45) is 0 Å². The number of nitrogens with one attached hydrogen (secondary N) is 2. The number of rotatable bonds is 10. The van der Waals surface area contributed by atoms with Crippen molar-refractivity contribution >= 4 is 29.4 Å². The standard InChI is InChI=1S/C29H37N3O8/c1-18(25(34)31-23(27(36)40-29(5,6)7)16-17-24(33)39-28(2,3)4)30-26(35)21-10-8-19(9-11-21)20-12-14-22(15-13-20)32(37)38/h8-15,18,23H,16-17H2,1-7H3,(H,30,35)(H,31,34)/t18-,23-/m0/s1. The molecule has 0 bridgehead atoms. The van der Waals surface area contributed by atoms with Gasteiger partial charge in [-0.15, -0.1) is 0 Å².